The third-order valence-corrected chi connectivity index (χ3v) is 6.16. The number of rotatable bonds is 7. The van der Waals surface area contributed by atoms with E-state index in [2.05, 4.69) is 29.4 Å². The van der Waals surface area contributed by atoms with Crippen molar-refractivity contribution in [1.29, 1.82) is 0 Å². The van der Waals surface area contributed by atoms with E-state index in [1.807, 2.05) is 12.1 Å². The number of likely N-dealkylation sites (tertiary alicyclic amines) is 1. The van der Waals surface area contributed by atoms with E-state index in [4.69, 9.17) is 0 Å². The number of benzene rings is 1. The molecule has 2 fully saturated rings. The van der Waals surface area contributed by atoms with Gasteiger partial charge in [0.1, 0.15) is 11.9 Å². The molecule has 2 saturated heterocycles. The summed E-state index contributed by atoms with van der Waals surface area (Å²) in [6.07, 6.45) is 6.31. The van der Waals surface area contributed by atoms with Gasteiger partial charge in [-0.25, -0.2) is 4.39 Å². The molecule has 3 rings (SSSR count). The van der Waals surface area contributed by atoms with Crippen LogP contribution in [-0.4, -0.2) is 41.9 Å². The van der Waals surface area contributed by atoms with Gasteiger partial charge in [-0.3, -0.25) is 14.9 Å². The minimum Gasteiger partial charge on any atom is -0.374 e. The molecule has 1 aromatic rings. The van der Waals surface area contributed by atoms with Gasteiger partial charge in [0.25, 0.3) is 0 Å². The van der Waals surface area contributed by atoms with Gasteiger partial charge in [0.15, 0.2) is 0 Å². The Morgan fingerprint density at radius 2 is 1.96 bits per heavy atom. The topological polar surface area (TPSA) is 61.4 Å². The zero-order chi connectivity index (χ0) is 20.1. The van der Waals surface area contributed by atoms with Crippen LogP contribution in [0.15, 0.2) is 18.2 Å². The molecule has 2 aliphatic heterocycles. The summed E-state index contributed by atoms with van der Waals surface area (Å²) in [5.74, 6) is -0.554. The van der Waals surface area contributed by atoms with Crippen LogP contribution in [0.1, 0.15) is 70.3 Å². The summed E-state index contributed by atoms with van der Waals surface area (Å²) < 4.78 is 14.8. The summed E-state index contributed by atoms with van der Waals surface area (Å²) in [6, 6.07) is 5.34. The predicted molar refractivity (Wildman–Crippen MR) is 109 cm³/mol. The Bertz CT molecular complexity index is 701. The lowest BCUT2D eigenvalue weighted by atomic mass is 9.87. The molecule has 2 unspecified atom stereocenters. The molecule has 0 aromatic heterocycles. The summed E-state index contributed by atoms with van der Waals surface area (Å²) >= 11 is 0. The molecule has 0 radical (unpaired) electrons. The maximum Gasteiger partial charge on any atom is 0.249 e. The van der Waals surface area contributed by atoms with Crippen molar-refractivity contribution in [2.45, 2.75) is 76.8 Å². The smallest absolute Gasteiger partial charge is 0.249 e. The number of carbonyl (C=O) groups is 2. The molecule has 0 saturated carbocycles. The minimum atomic E-state index is -0.490. The summed E-state index contributed by atoms with van der Waals surface area (Å²) in [5, 5.41) is 5.37. The number of halogens is 1. The van der Waals surface area contributed by atoms with Gasteiger partial charge in [-0.15, -0.1) is 0 Å². The first kappa shape index (κ1) is 20.8. The lowest BCUT2D eigenvalue weighted by Gasteiger charge is -2.37. The van der Waals surface area contributed by atoms with E-state index in [0.29, 0.717) is 24.6 Å². The van der Waals surface area contributed by atoms with Crippen molar-refractivity contribution in [1.82, 2.24) is 10.2 Å². The summed E-state index contributed by atoms with van der Waals surface area (Å²) in [6.45, 7) is 6.53. The van der Waals surface area contributed by atoms with E-state index in [9.17, 15) is 14.0 Å². The quantitative estimate of drug-likeness (QED) is 0.697. The van der Waals surface area contributed by atoms with Crippen molar-refractivity contribution < 1.29 is 14.0 Å². The molecule has 2 amide bonds. The Morgan fingerprint density at radius 1 is 1.21 bits per heavy atom. The van der Waals surface area contributed by atoms with Gasteiger partial charge in [-0.2, -0.15) is 0 Å². The third kappa shape index (κ3) is 4.90. The van der Waals surface area contributed by atoms with Crippen LogP contribution in [0.4, 0.5) is 10.1 Å². The zero-order valence-electron chi connectivity index (χ0n) is 17.0. The molecule has 2 heterocycles. The molecular formula is C22H32FN3O2. The normalized spacial score (nSPS) is 22.8. The molecule has 2 atom stereocenters. The van der Waals surface area contributed by atoms with Crippen molar-refractivity contribution in [3.63, 3.8) is 0 Å². The van der Waals surface area contributed by atoms with E-state index in [-0.39, 0.29) is 23.5 Å². The molecule has 2 N–H and O–H groups in total. The van der Waals surface area contributed by atoms with E-state index in [0.717, 1.165) is 31.5 Å². The van der Waals surface area contributed by atoms with Crippen LogP contribution in [0.2, 0.25) is 0 Å². The van der Waals surface area contributed by atoms with Gasteiger partial charge in [0, 0.05) is 18.2 Å². The van der Waals surface area contributed by atoms with Crippen LogP contribution >= 0.6 is 0 Å². The molecule has 5 nitrogen and oxygen atoms in total. The average molecular weight is 390 g/mol. The van der Waals surface area contributed by atoms with Crippen LogP contribution < -0.4 is 10.6 Å². The summed E-state index contributed by atoms with van der Waals surface area (Å²) in [7, 11) is 0. The molecular weight excluding hydrogens is 357 g/mol. The highest BCUT2D eigenvalue weighted by Crippen LogP contribution is 2.32. The largest absolute Gasteiger partial charge is 0.374 e. The van der Waals surface area contributed by atoms with Gasteiger partial charge < -0.3 is 10.2 Å². The second-order valence-corrected chi connectivity index (χ2v) is 8.05. The maximum atomic E-state index is 14.8. The highest BCUT2D eigenvalue weighted by molar-refractivity contribution is 6.01. The Balaban J connectivity index is 1.59. The number of hydrogen-bond acceptors (Lipinski definition) is 4. The third-order valence-electron chi connectivity index (χ3n) is 6.16. The SMILES string of the molecule is CCCC(CC)N1CCC(c2ccc(NC3CCC(=O)NC3=O)cc2F)CC1. The first-order valence-corrected chi connectivity index (χ1v) is 10.7. The van der Waals surface area contributed by atoms with Gasteiger partial charge in [-0.1, -0.05) is 26.3 Å². The monoisotopic (exact) mass is 389 g/mol. The number of nitrogens with one attached hydrogen (secondary N) is 2. The highest BCUT2D eigenvalue weighted by Gasteiger charge is 2.28. The number of amides is 2. The van der Waals surface area contributed by atoms with E-state index in [1.54, 1.807) is 0 Å². The first-order chi connectivity index (χ1) is 13.5. The maximum absolute atomic E-state index is 14.8. The van der Waals surface area contributed by atoms with Crippen molar-refractivity contribution in [3.8, 4) is 0 Å². The summed E-state index contributed by atoms with van der Waals surface area (Å²) in [4.78, 5) is 25.7. The van der Waals surface area contributed by atoms with Crippen molar-refractivity contribution in [2.75, 3.05) is 18.4 Å². The fourth-order valence-corrected chi connectivity index (χ4v) is 4.53. The molecule has 1 aromatic carbocycles. The van der Waals surface area contributed by atoms with Crippen LogP contribution in [-0.2, 0) is 9.59 Å². The molecule has 0 bridgehead atoms. The van der Waals surface area contributed by atoms with Gasteiger partial charge in [0.05, 0.1) is 0 Å². The lowest BCUT2D eigenvalue weighted by Crippen LogP contribution is -2.47. The summed E-state index contributed by atoms with van der Waals surface area (Å²) in [5.41, 5.74) is 1.36. The molecule has 0 aliphatic carbocycles. The van der Waals surface area contributed by atoms with Gasteiger partial charge in [-0.05, 0) is 68.8 Å². The standard InChI is InChI=1S/C22H32FN3O2/c1-3-5-17(4-2)26-12-10-15(11-13-26)18-7-6-16(14-19(18)23)24-20-8-9-21(27)25-22(20)28/h6-7,14-15,17,20,24H,3-5,8-13H2,1-2H3,(H,25,27,28). The first-order valence-electron chi connectivity index (χ1n) is 10.7. The van der Waals surface area contributed by atoms with E-state index >= 15 is 0 Å². The van der Waals surface area contributed by atoms with Crippen molar-refractivity contribution in [3.05, 3.63) is 29.6 Å². The lowest BCUT2D eigenvalue weighted by molar-refractivity contribution is -0.133. The number of anilines is 1. The fourth-order valence-electron chi connectivity index (χ4n) is 4.53. The van der Waals surface area contributed by atoms with Crippen molar-refractivity contribution >= 4 is 17.5 Å². The van der Waals surface area contributed by atoms with Crippen LogP contribution in [0.5, 0.6) is 0 Å². The molecule has 28 heavy (non-hydrogen) atoms. The molecule has 6 heteroatoms. The van der Waals surface area contributed by atoms with Gasteiger partial charge in [0.2, 0.25) is 11.8 Å². The Hall–Kier alpha value is -1.95. The Kier molecular flexibility index (Phi) is 7.05. The van der Waals surface area contributed by atoms with E-state index < -0.39 is 6.04 Å². The Morgan fingerprint density at radius 3 is 2.57 bits per heavy atom. The predicted octanol–water partition coefficient (Wildman–Crippen LogP) is 3.80. The molecule has 154 valence electrons. The number of piperidine rings is 2. The average Bonchev–Trinajstić information content (AvgIpc) is 2.69. The number of imide groups is 1. The fraction of sp³-hybridized carbons (Fsp3) is 0.636. The second-order valence-electron chi connectivity index (χ2n) is 8.05. The molecule has 2 aliphatic rings. The van der Waals surface area contributed by atoms with E-state index in [1.165, 1.54) is 25.3 Å². The van der Waals surface area contributed by atoms with Crippen LogP contribution in [0.3, 0.4) is 0 Å². The zero-order valence-corrected chi connectivity index (χ0v) is 17.0. The van der Waals surface area contributed by atoms with Gasteiger partial charge >= 0.3 is 0 Å². The number of carbonyl (C=O) groups excluding carboxylic acids is 2. The second kappa shape index (κ2) is 9.50. The number of hydrogen-bond donors (Lipinski definition) is 2. The number of nitrogens with zero attached hydrogens (tertiary/aromatic N) is 1. The van der Waals surface area contributed by atoms with Crippen molar-refractivity contribution in [2.24, 2.45) is 0 Å². The molecule has 0 spiro atoms. The minimum absolute atomic E-state index is 0.212. The van der Waals surface area contributed by atoms with Crippen LogP contribution in [0.25, 0.3) is 0 Å². The Labute approximate surface area is 167 Å². The highest BCUT2D eigenvalue weighted by atomic mass is 19.1. The van der Waals surface area contributed by atoms with Crippen LogP contribution in [0, 0.1) is 5.82 Å².